The molecule has 9 heteroatoms. The molecule has 0 saturated carbocycles. The van der Waals surface area contributed by atoms with Gasteiger partial charge in [-0.2, -0.15) is 0 Å². The van der Waals surface area contributed by atoms with Crippen molar-refractivity contribution in [3.05, 3.63) is 29.3 Å². The molecule has 0 unspecified atom stereocenters. The van der Waals surface area contributed by atoms with Crippen molar-refractivity contribution in [1.29, 1.82) is 0 Å². The second-order valence-corrected chi connectivity index (χ2v) is 12.8. The van der Waals surface area contributed by atoms with Gasteiger partial charge in [0.15, 0.2) is 0 Å². The number of carbonyl (C=O) groups excluding carboxylic acids is 2. The van der Waals surface area contributed by atoms with Crippen LogP contribution in [0.15, 0.2) is 18.2 Å². The fourth-order valence-electron chi connectivity index (χ4n) is 7.28. The molecule has 1 aromatic rings. The lowest BCUT2D eigenvalue weighted by Crippen LogP contribution is -2.45. The average Bonchev–Trinajstić information content (AvgIpc) is 3.61. The molecular formula is C34H54N4O5. The highest BCUT2D eigenvalue weighted by Gasteiger charge is 2.47. The van der Waals surface area contributed by atoms with E-state index >= 15 is 0 Å². The van der Waals surface area contributed by atoms with E-state index in [1.165, 1.54) is 0 Å². The van der Waals surface area contributed by atoms with E-state index in [2.05, 4.69) is 30.1 Å². The van der Waals surface area contributed by atoms with Crippen LogP contribution in [0.4, 0.5) is 0 Å². The summed E-state index contributed by atoms with van der Waals surface area (Å²) >= 11 is 0. The van der Waals surface area contributed by atoms with E-state index in [9.17, 15) is 19.5 Å². The first-order chi connectivity index (χ1) is 20.8. The smallest absolute Gasteiger partial charge is 0.308 e. The number of nitrogens with one attached hydrogen (secondary N) is 1. The molecule has 9 nitrogen and oxygen atoms in total. The first kappa shape index (κ1) is 33.2. The van der Waals surface area contributed by atoms with Gasteiger partial charge >= 0.3 is 5.97 Å². The molecule has 0 bridgehead atoms. The van der Waals surface area contributed by atoms with Crippen LogP contribution in [0.5, 0.6) is 5.75 Å². The standard InChI is InChI=1S/C34H54N4O5/c1-4-6-19-37(20-8-17-35-5-2)32(40)24-38-23-28(26-12-14-30-27(22-26)16-21-43-30)33(34(41)42)29(38)13-10-25-9-7-18-36(3)31(39)15-11-25/h12,14,22,25,28-29,33,35H,4-11,13,15-21,23-24H2,1-3H3,(H,41,42)/t25-,28-,29+,33-/m1/s1. The Kier molecular flexibility index (Phi) is 12.7. The summed E-state index contributed by atoms with van der Waals surface area (Å²) in [4.78, 5) is 45.2. The highest BCUT2D eigenvalue weighted by molar-refractivity contribution is 5.79. The van der Waals surface area contributed by atoms with Gasteiger partial charge in [-0.3, -0.25) is 19.3 Å². The number of unbranched alkanes of at least 4 members (excludes halogenated alkanes) is 1. The largest absolute Gasteiger partial charge is 0.493 e. The fourth-order valence-corrected chi connectivity index (χ4v) is 7.28. The Hall–Kier alpha value is -2.65. The molecule has 3 heterocycles. The zero-order valence-corrected chi connectivity index (χ0v) is 26.7. The van der Waals surface area contributed by atoms with E-state index in [4.69, 9.17) is 4.74 Å². The number of rotatable bonds is 15. The van der Waals surface area contributed by atoms with Crippen LogP contribution in [-0.2, 0) is 20.8 Å². The van der Waals surface area contributed by atoms with Gasteiger partial charge in [0.05, 0.1) is 19.1 Å². The minimum Gasteiger partial charge on any atom is -0.493 e. The van der Waals surface area contributed by atoms with E-state index in [0.717, 1.165) is 101 Å². The number of ether oxygens (including phenoxy) is 1. The first-order valence-corrected chi connectivity index (χ1v) is 16.8. The summed E-state index contributed by atoms with van der Waals surface area (Å²) in [5, 5.41) is 14.0. The van der Waals surface area contributed by atoms with E-state index in [1.54, 1.807) is 0 Å². The van der Waals surface area contributed by atoms with Crippen LogP contribution < -0.4 is 10.1 Å². The minimum atomic E-state index is -0.787. The Morgan fingerprint density at radius 2 is 1.93 bits per heavy atom. The maximum atomic E-state index is 13.8. The van der Waals surface area contributed by atoms with E-state index in [-0.39, 0.29) is 30.3 Å². The summed E-state index contributed by atoms with van der Waals surface area (Å²) in [5.41, 5.74) is 2.17. The monoisotopic (exact) mass is 598 g/mol. The number of nitrogens with zero attached hydrogens (tertiary/aromatic N) is 3. The Balaban J connectivity index is 1.53. The first-order valence-electron chi connectivity index (χ1n) is 16.8. The van der Waals surface area contributed by atoms with Crippen LogP contribution in [0.25, 0.3) is 0 Å². The van der Waals surface area contributed by atoms with E-state index < -0.39 is 11.9 Å². The third kappa shape index (κ3) is 8.94. The predicted octanol–water partition coefficient (Wildman–Crippen LogP) is 4.15. The van der Waals surface area contributed by atoms with Crippen LogP contribution in [0.2, 0.25) is 0 Å². The van der Waals surface area contributed by atoms with Crippen molar-refractivity contribution in [3.8, 4) is 5.75 Å². The number of carboxylic acids is 1. The molecule has 0 spiro atoms. The summed E-state index contributed by atoms with van der Waals surface area (Å²) < 4.78 is 5.72. The van der Waals surface area contributed by atoms with E-state index in [1.807, 2.05) is 29.0 Å². The number of carbonyl (C=O) groups is 3. The average molecular weight is 599 g/mol. The lowest BCUT2D eigenvalue weighted by Gasteiger charge is -2.31. The zero-order valence-electron chi connectivity index (χ0n) is 26.7. The van der Waals surface area contributed by atoms with Crippen LogP contribution in [0.1, 0.15) is 88.7 Å². The predicted molar refractivity (Wildman–Crippen MR) is 168 cm³/mol. The van der Waals surface area contributed by atoms with Crippen LogP contribution >= 0.6 is 0 Å². The Morgan fingerprint density at radius 3 is 2.70 bits per heavy atom. The van der Waals surface area contributed by atoms with Crippen LogP contribution in [0.3, 0.4) is 0 Å². The van der Waals surface area contributed by atoms with Crippen molar-refractivity contribution < 1.29 is 24.2 Å². The third-order valence-corrected chi connectivity index (χ3v) is 9.85. The second kappa shape index (κ2) is 16.4. The minimum absolute atomic E-state index is 0.0988. The van der Waals surface area contributed by atoms with Crippen molar-refractivity contribution in [2.75, 3.05) is 59.5 Å². The molecule has 3 aliphatic rings. The lowest BCUT2D eigenvalue weighted by atomic mass is 9.81. The summed E-state index contributed by atoms with van der Waals surface area (Å²) in [6.45, 7) is 9.72. The van der Waals surface area contributed by atoms with Gasteiger partial charge in [-0.15, -0.1) is 0 Å². The fraction of sp³-hybridized carbons (Fsp3) is 0.735. The number of aliphatic carboxylic acids is 1. The summed E-state index contributed by atoms with van der Waals surface area (Å²) in [7, 11) is 1.88. The van der Waals surface area contributed by atoms with Crippen molar-refractivity contribution in [1.82, 2.24) is 20.0 Å². The number of likely N-dealkylation sites (tertiary alicyclic amines) is 2. The molecule has 1 aromatic carbocycles. The maximum absolute atomic E-state index is 13.8. The van der Waals surface area contributed by atoms with Crippen LogP contribution in [-0.4, -0.2) is 103 Å². The molecule has 2 amide bonds. The number of fused-ring (bicyclic) bond motifs is 1. The van der Waals surface area contributed by atoms with Crippen LogP contribution in [0, 0.1) is 11.8 Å². The number of amides is 2. The van der Waals surface area contributed by atoms with Crippen molar-refractivity contribution in [3.63, 3.8) is 0 Å². The molecule has 43 heavy (non-hydrogen) atoms. The highest BCUT2D eigenvalue weighted by atomic mass is 16.5. The van der Waals surface area contributed by atoms with Gasteiger partial charge in [-0.05, 0) is 81.1 Å². The topological polar surface area (TPSA) is 102 Å². The van der Waals surface area contributed by atoms with Crippen molar-refractivity contribution in [2.24, 2.45) is 11.8 Å². The SMILES string of the molecule is CCCCN(CCCNCC)C(=O)CN1C[C@H](c2ccc3c(c2)CCO3)[C@@H](C(=O)O)[C@@H]1CC[C@H]1CCCN(C)C(=O)CC1. The van der Waals surface area contributed by atoms with Crippen molar-refractivity contribution in [2.45, 2.75) is 90.0 Å². The number of benzene rings is 1. The summed E-state index contributed by atoms with van der Waals surface area (Å²) in [6, 6.07) is 5.92. The van der Waals surface area contributed by atoms with Gasteiger partial charge in [-0.25, -0.2) is 0 Å². The number of carboxylic acid groups (broad SMARTS) is 1. The molecule has 240 valence electrons. The van der Waals surface area contributed by atoms with Gasteiger partial charge in [-0.1, -0.05) is 32.4 Å². The molecule has 0 aliphatic carbocycles. The van der Waals surface area contributed by atoms with Gasteiger partial charge in [0, 0.05) is 58.0 Å². The van der Waals surface area contributed by atoms with Gasteiger partial charge in [0.2, 0.25) is 11.8 Å². The Bertz CT molecular complexity index is 1080. The summed E-state index contributed by atoms with van der Waals surface area (Å²) in [6.07, 6.45) is 8.74. The number of hydrogen-bond acceptors (Lipinski definition) is 6. The maximum Gasteiger partial charge on any atom is 0.308 e. The molecule has 2 N–H and O–H groups in total. The van der Waals surface area contributed by atoms with Gasteiger partial charge in [0.1, 0.15) is 5.75 Å². The highest BCUT2D eigenvalue weighted by Crippen LogP contribution is 2.42. The zero-order chi connectivity index (χ0) is 30.8. The summed E-state index contributed by atoms with van der Waals surface area (Å²) in [5.74, 6) is 0.0206. The molecule has 2 saturated heterocycles. The molecule has 3 aliphatic heterocycles. The van der Waals surface area contributed by atoms with E-state index in [0.29, 0.717) is 32.0 Å². The molecular weight excluding hydrogens is 544 g/mol. The molecule has 0 aromatic heterocycles. The van der Waals surface area contributed by atoms with Gasteiger partial charge in [0.25, 0.3) is 0 Å². The Labute approximate surface area is 258 Å². The molecule has 0 radical (unpaired) electrons. The Morgan fingerprint density at radius 1 is 1.12 bits per heavy atom. The van der Waals surface area contributed by atoms with Crippen molar-refractivity contribution >= 4 is 17.8 Å². The third-order valence-electron chi connectivity index (χ3n) is 9.85. The lowest BCUT2D eigenvalue weighted by molar-refractivity contribution is -0.144. The quantitative estimate of drug-likeness (QED) is 0.293. The molecule has 2 fully saturated rings. The molecule has 4 rings (SSSR count). The van der Waals surface area contributed by atoms with Gasteiger partial charge < -0.3 is 25.0 Å². The molecule has 4 atom stereocenters. The normalized spacial score (nSPS) is 24.3. The second-order valence-electron chi connectivity index (χ2n) is 12.8. The number of hydrogen-bond donors (Lipinski definition) is 2.